The molecule has 2 aromatic rings. The second-order valence-electron chi connectivity index (χ2n) is 4.37. The molecule has 0 aliphatic heterocycles. The van der Waals surface area contributed by atoms with Crippen molar-refractivity contribution in [1.29, 1.82) is 0 Å². The van der Waals surface area contributed by atoms with Crippen LogP contribution in [0.25, 0.3) is 0 Å². The normalized spacial score (nSPS) is 10.1. The third-order valence-electron chi connectivity index (χ3n) is 2.83. The van der Waals surface area contributed by atoms with E-state index in [4.69, 9.17) is 9.47 Å². The number of rotatable bonds is 8. The van der Waals surface area contributed by atoms with E-state index in [9.17, 15) is 0 Å². The summed E-state index contributed by atoms with van der Waals surface area (Å²) < 4.78 is 11.3. The van der Waals surface area contributed by atoms with Gasteiger partial charge in [0.2, 0.25) is 0 Å². The minimum absolute atomic E-state index is 0.649. The zero-order valence-electron chi connectivity index (χ0n) is 11.8. The Hall–Kier alpha value is -2.16. The molecule has 20 heavy (non-hydrogen) atoms. The zero-order chi connectivity index (χ0) is 14.0. The molecule has 0 aromatic heterocycles. The van der Waals surface area contributed by atoms with E-state index in [-0.39, 0.29) is 0 Å². The minimum atomic E-state index is 0.649. The molecule has 0 atom stereocenters. The molecule has 0 aliphatic carbocycles. The number of benzene rings is 2. The Morgan fingerprint density at radius 3 is 2.20 bits per heavy atom. The van der Waals surface area contributed by atoms with Crippen LogP contribution in [-0.4, -0.2) is 19.8 Å². The molecular formula is C17H21NO2. The third kappa shape index (κ3) is 4.50. The van der Waals surface area contributed by atoms with Crippen LogP contribution in [0, 0.1) is 0 Å². The molecule has 0 spiro atoms. The average Bonchev–Trinajstić information content (AvgIpc) is 2.50. The first-order valence-electron chi connectivity index (χ1n) is 7.03. The summed E-state index contributed by atoms with van der Waals surface area (Å²) in [6.45, 7) is 4.18. The molecule has 2 rings (SSSR count). The fourth-order valence-corrected chi connectivity index (χ4v) is 1.89. The van der Waals surface area contributed by atoms with Crippen molar-refractivity contribution < 1.29 is 9.47 Å². The van der Waals surface area contributed by atoms with Gasteiger partial charge in [0.15, 0.2) is 11.5 Å². The Morgan fingerprint density at radius 1 is 0.850 bits per heavy atom. The largest absolute Gasteiger partial charge is 0.490 e. The quantitative estimate of drug-likeness (QED) is 0.737. The second kappa shape index (κ2) is 8.10. The van der Waals surface area contributed by atoms with Crippen molar-refractivity contribution in [1.82, 2.24) is 0 Å². The lowest BCUT2D eigenvalue weighted by Gasteiger charge is -2.12. The van der Waals surface area contributed by atoms with Gasteiger partial charge >= 0.3 is 0 Å². The topological polar surface area (TPSA) is 30.5 Å². The predicted octanol–water partition coefficient (Wildman–Crippen LogP) is 3.97. The number of hydrogen-bond acceptors (Lipinski definition) is 3. The van der Waals surface area contributed by atoms with Crippen LogP contribution in [0.1, 0.15) is 13.3 Å². The molecule has 0 heterocycles. The maximum absolute atomic E-state index is 5.76. The molecule has 0 saturated carbocycles. The SMILES string of the molecule is CCOc1ccccc1OCCCNc1ccccc1. The summed E-state index contributed by atoms with van der Waals surface area (Å²) in [7, 11) is 0. The summed E-state index contributed by atoms with van der Waals surface area (Å²) in [4.78, 5) is 0. The van der Waals surface area contributed by atoms with Crippen LogP contribution in [-0.2, 0) is 0 Å². The number of para-hydroxylation sites is 3. The molecule has 0 amide bonds. The van der Waals surface area contributed by atoms with Crippen molar-refractivity contribution in [3.05, 3.63) is 54.6 Å². The lowest BCUT2D eigenvalue weighted by Crippen LogP contribution is -2.07. The Balaban J connectivity index is 1.71. The average molecular weight is 271 g/mol. The van der Waals surface area contributed by atoms with Crippen LogP contribution in [0.15, 0.2) is 54.6 Å². The van der Waals surface area contributed by atoms with Crippen molar-refractivity contribution in [2.75, 3.05) is 25.1 Å². The molecule has 0 unspecified atom stereocenters. The van der Waals surface area contributed by atoms with Crippen LogP contribution < -0.4 is 14.8 Å². The number of anilines is 1. The van der Waals surface area contributed by atoms with Crippen molar-refractivity contribution in [3.63, 3.8) is 0 Å². The summed E-state index contributed by atoms with van der Waals surface area (Å²) in [6.07, 6.45) is 0.940. The van der Waals surface area contributed by atoms with Crippen LogP contribution in [0.2, 0.25) is 0 Å². The summed E-state index contributed by atoms with van der Waals surface area (Å²) in [5, 5.41) is 3.36. The Morgan fingerprint density at radius 2 is 1.50 bits per heavy atom. The molecule has 106 valence electrons. The standard InChI is InChI=1S/C17H21NO2/c1-2-19-16-11-6-7-12-17(16)20-14-8-13-18-15-9-4-3-5-10-15/h3-7,9-12,18H,2,8,13-14H2,1H3. The van der Waals surface area contributed by atoms with Gasteiger partial charge in [-0.2, -0.15) is 0 Å². The molecule has 2 aromatic carbocycles. The lowest BCUT2D eigenvalue weighted by molar-refractivity contribution is 0.275. The first kappa shape index (κ1) is 14.3. The van der Waals surface area contributed by atoms with E-state index >= 15 is 0 Å². The zero-order valence-corrected chi connectivity index (χ0v) is 11.8. The van der Waals surface area contributed by atoms with Gasteiger partial charge in [0.1, 0.15) is 0 Å². The fourth-order valence-electron chi connectivity index (χ4n) is 1.89. The van der Waals surface area contributed by atoms with E-state index in [1.54, 1.807) is 0 Å². The van der Waals surface area contributed by atoms with E-state index in [0.717, 1.165) is 30.2 Å². The van der Waals surface area contributed by atoms with Gasteiger partial charge < -0.3 is 14.8 Å². The van der Waals surface area contributed by atoms with Crippen molar-refractivity contribution >= 4 is 5.69 Å². The smallest absolute Gasteiger partial charge is 0.161 e. The van der Waals surface area contributed by atoms with Crippen molar-refractivity contribution in [2.45, 2.75) is 13.3 Å². The Kier molecular flexibility index (Phi) is 5.77. The summed E-state index contributed by atoms with van der Waals surface area (Å²) in [5.74, 6) is 1.63. The van der Waals surface area contributed by atoms with E-state index < -0.39 is 0 Å². The highest BCUT2D eigenvalue weighted by Gasteiger charge is 2.02. The molecule has 0 aliphatic rings. The van der Waals surface area contributed by atoms with Crippen molar-refractivity contribution in [2.24, 2.45) is 0 Å². The minimum Gasteiger partial charge on any atom is -0.490 e. The monoisotopic (exact) mass is 271 g/mol. The van der Waals surface area contributed by atoms with Crippen molar-refractivity contribution in [3.8, 4) is 11.5 Å². The van der Waals surface area contributed by atoms with Gasteiger partial charge in [0.25, 0.3) is 0 Å². The van der Waals surface area contributed by atoms with Crippen LogP contribution >= 0.6 is 0 Å². The number of hydrogen-bond donors (Lipinski definition) is 1. The molecule has 0 bridgehead atoms. The van der Waals surface area contributed by atoms with E-state index in [0.29, 0.717) is 13.2 Å². The molecule has 3 heteroatoms. The van der Waals surface area contributed by atoms with Gasteiger partial charge in [-0.1, -0.05) is 30.3 Å². The van der Waals surface area contributed by atoms with E-state index in [1.807, 2.05) is 49.4 Å². The summed E-state index contributed by atoms with van der Waals surface area (Å²) >= 11 is 0. The maximum atomic E-state index is 5.76. The molecule has 0 fully saturated rings. The second-order valence-corrected chi connectivity index (χ2v) is 4.37. The lowest BCUT2D eigenvalue weighted by atomic mass is 10.3. The molecular weight excluding hydrogens is 250 g/mol. The number of ether oxygens (including phenoxy) is 2. The van der Waals surface area contributed by atoms with E-state index in [1.165, 1.54) is 0 Å². The van der Waals surface area contributed by atoms with Crippen LogP contribution in [0.5, 0.6) is 11.5 Å². The number of nitrogens with one attached hydrogen (secondary N) is 1. The van der Waals surface area contributed by atoms with Gasteiger partial charge in [-0.3, -0.25) is 0 Å². The molecule has 0 radical (unpaired) electrons. The highest BCUT2D eigenvalue weighted by atomic mass is 16.5. The van der Waals surface area contributed by atoms with Gasteiger partial charge in [-0.05, 0) is 37.6 Å². The van der Waals surface area contributed by atoms with Gasteiger partial charge in [-0.15, -0.1) is 0 Å². The molecule has 3 nitrogen and oxygen atoms in total. The first-order valence-corrected chi connectivity index (χ1v) is 7.03. The predicted molar refractivity (Wildman–Crippen MR) is 82.7 cm³/mol. The fraction of sp³-hybridized carbons (Fsp3) is 0.294. The maximum Gasteiger partial charge on any atom is 0.161 e. The summed E-state index contributed by atoms with van der Waals surface area (Å²) in [6, 6.07) is 18.0. The Bertz CT molecular complexity index is 499. The van der Waals surface area contributed by atoms with E-state index in [2.05, 4.69) is 17.4 Å². The third-order valence-corrected chi connectivity index (χ3v) is 2.83. The van der Waals surface area contributed by atoms with Crippen LogP contribution in [0.3, 0.4) is 0 Å². The Labute approximate surface area is 120 Å². The molecule has 1 N–H and O–H groups in total. The summed E-state index contributed by atoms with van der Waals surface area (Å²) in [5.41, 5.74) is 1.14. The molecule has 0 saturated heterocycles. The van der Waals surface area contributed by atoms with Gasteiger partial charge in [-0.25, -0.2) is 0 Å². The highest BCUT2D eigenvalue weighted by molar-refractivity contribution is 5.42. The van der Waals surface area contributed by atoms with Crippen LogP contribution in [0.4, 0.5) is 5.69 Å². The van der Waals surface area contributed by atoms with Gasteiger partial charge in [0.05, 0.1) is 13.2 Å². The highest BCUT2D eigenvalue weighted by Crippen LogP contribution is 2.26. The van der Waals surface area contributed by atoms with Gasteiger partial charge in [0, 0.05) is 12.2 Å². The first-order chi connectivity index (χ1) is 9.90.